The van der Waals surface area contributed by atoms with Crippen LogP contribution in [0.25, 0.3) is 16.6 Å². The monoisotopic (exact) mass is 341 g/mol. The minimum atomic E-state index is 0.0130. The summed E-state index contributed by atoms with van der Waals surface area (Å²) < 4.78 is 5.23. The van der Waals surface area contributed by atoms with Gasteiger partial charge >= 0.3 is 0 Å². The van der Waals surface area contributed by atoms with Crippen LogP contribution in [0, 0.1) is 6.92 Å². The molecule has 3 aromatic rings. The van der Waals surface area contributed by atoms with E-state index in [4.69, 9.17) is 4.74 Å². The van der Waals surface area contributed by atoms with Gasteiger partial charge in [0.25, 0.3) is 0 Å². The molecule has 3 nitrogen and oxygen atoms in total. The molecule has 0 aliphatic rings. The third-order valence-corrected chi connectivity index (χ3v) is 5.15. The molecule has 0 atom stereocenters. The van der Waals surface area contributed by atoms with Gasteiger partial charge in [0.1, 0.15) is 10.8 Å². The van der Waals surface area contributed by atoms with Gasteiger partial charge in [-0.3, -0.25) is 4.79 Å². The van der Waals surface area contributed by atoms with Crippen molar-refractivity contribution in [1.29, 1.82) is 0 Å². The highest BCUT2D eigenvalue weighted by atomic mass is 32.1. The zero-order valence-electron chi connectivity index (χ0n) is 12.8. The number of methoxy groups -OCH3 is 1. The summed E-state index contributed by atoms with van der Waals surface area (Å²) in [7, 11) is 1.65. The van der Waals surface area contributed by atoms with Crippen molar-refractivity contribution >= 4 is 34.5 Å². The Bertz CT molecular complexity index is 861. The molecule has 2 heterocycles. The van der Waals surface area contributed by atoms with E-state index in [0.29, 0.717) is 0 Å². The Kier molecular flexibility index (Phi) is 4.69. The van der Waals surface area contributed by atoms with Crippen molar-refractivity contribution in [3.05, 3.63) is 63.3 Å². The van der Waals surface area contributed by atoms with E-state index in [1.807, 2.05) is 48.7 Å². The molecule has 3 rings (SSSR count). The van der Waals surface area contributed by atoms with Crippen LogP contribution in [-0.2, 0) is 0 Å². The molecular weight excluding hydrogens is 326 g/mol. The topological polar surface area (TPSA) is 39.2 Å². The molecule has 116 valence electrons. The van der Waals surface area contributed by atoms with Gasteiger partial charge in [-0.1, -0.05) is 12.1 Å². The Balaban J connectivity index is 1.76. The van der Waals surface area contributed by atoms with Gasteiger partial charge in [-0.2, -0.15) is 0 Å². The molecule has 0 spiro atoms. The lowest BCUT2D eigenvalue weighted by molar-refractivity contribution is 0.105. The van der Waals surface area contributed by atoms with Crippen molar-refractivity contribution in [1.82, 2.24) is 4.98 Å². The van der Waals surface area contributed by atoms with Crippen molar-refractivity contribution in [2.45, 2.75) is 6.92 Å². The van der Waals surface area contributed by atoms with E-state index in [9.17, 15) is 4.79 Å². The highest BCUT2D eigenvalue weighted by Gasteiger charge is 2.06. The molecule has 0 amide bonds. The second-order valence-electron chi connectivity index (χ2n) is 4.92. The Labute approximate surface area is 142 Å². The predicted octanol–water partition coefficient (Wildman–Crippen LogP) is 5.08. The first-order valence-corrected chi connectivity index (χ1v) is 8.74. The molecule has 23 heavy (non-hydrogen) atoms. The van der Waals surface area contributed by atoms with Crippen molar-refractivity contribution in [3.8, 4) is 16.3 Å². The predicted molar refractivity (Wildman–Crippen MR) is 96.5 cm³/mol. The molecule has 0 fully saturated rings. The molecular formula is C18H15NO2S2. The standard InChI is InChI=1S/C18H15NO2S2/c1-12-6-9-17(23-12)16(20)8-7-14-11-22-18(19-14)13-4-3-5-15(10-13)21-2/h3-11H,1-2H3/b8-7+. The van der Waals surface area contributed by atoms with E-state index < -0.39 is 0 Å². The summed E-state index contributed by atoms with van der Waals surface area (Å²) in [5, 5.41) is 2.85. The average Bonchev–Trinajstić information content (AvgIpc) is 3.22. The van der Waals surface area contributed by atoms with Gasteiger partial charge in [0.15, 0.2) is 5.78 Å². The SMILES string of the molecule is COc1cccc(-c2nc(/C=C/C(=O)c3ccc(C)s3)cs2)c1. The van der Waals surface area contributed by atoms with Crippen LogP contribution in [0.1, 0.15) is 20.2 Å². The van der Waals surface area contributed by atoms with Crippen LogP contribution in [0.5, 0.6) is 5.75 Å². The summed E-state index contributed by atoms with van der Waals surface area (Å²) in [6.07, 6.45) is 3.34. The summed E-state index contributed by atoms with van der Waals surface area (Å²) in [5.41, 5.74) is 1.80. The van der Waals surface area contributed by atoms with E-state index in [-0.39, 0.29) is 5.78 Å². The number of nitrogens with zero attached hydrogens (tertiary/aromatic N) is 1. The number of hydrogen-bond donors (Lipinski definition) is 0. The van der Waals surface area contributed by atoms with Crippen LogP contribution in [0.2, 0.25) is 0 Å². The number of carbonyl (C=O) groups is 1. The fraction of sp³-hybridized carbons (Fsp3) is 0.111. The highest BCUT2D eigenvalue weighted by molar-refractivity contribution is 7.14. The second-order valence-corrected chi connectivity index (χ2v) is 7.06. The number of benzene rings is 1. The molecule has 0 saturated heterocycles. The van der Waals surface area contributed by atoms with Gasteiger partial charge in [0.2, 0.25) is 0 Å². The fourth-order valence-corrected chi connectivity index (χ4v) is 3.63. The van der Waals surface area contributed by atoms with Gasteiger partial charge in [-0.15, -0.1) is 22.7 Å². The first kappa shape index (κ1) is 15.6. The van der Waals surface area contributed by atoms with E-state index in [1.165, 1.54) is 11.3 Å². The Morgan fingerprint density at radius 2 is 2.13 bits per heavy atom. The molecule has 0 aliphatic heterocycles. The van der Waals surface area contributed by atoms with Gasteiger partial charge < -0.3 is 4.74 Å². The number of aromatic nitrogens is 1. The number of ether oxygens (including phenoxy) is 1. The number of allylic oxidation sites excluding steroid dienone is 1. The summed E-state index contributed by atoms with van der Waals surface area (Å²) in [6, 6.07) is 11.6. The van der Waals surface area contributed by atoms with E-state index in [0.717, 1.165) is 31.8 Å². The maximum atomic E-state index is 12.1. The molecule has 0 aliphatic carbocycles. The minimum absolute atomic E-state index is 0.0130. The fourth-order valence-electron chi connectivity index (χ4n) is 2.06. The summed E-state index contributed by atoms with van der Waals surface area (Å²) >= 11 is 3.05. The van der Waals surface area contributed by atoms with Gasteiger partial charge in [-0.25, -0.2) is 4.98 Å². The molecule has 0 bridgehead atoms. The number of aryl methyl sites for hydroxylation is 1. The smallest absolute Gasteiger partial charge is 0.195 e. The van der Waals surface area contributed by atoms with Crippen molar-refractivity contribution in [3.63, 3.8) is 0 Å². The summed E-state index contributed by atoms with van der Waals surface area (Å²) in [4.78, 5) is 18.5. The highest BCUT2D eigenvalue weighted by Crippen LogP contribution is 2.27. The largest absolute Gasteiger partial charge is 0.497 e. The quantitative estimate of drug-likeness (QED) is 0.479. The molecule has 0 radical (unpaired) electrons. The van der Waals surface area contributed by atoms with Crippen LogP contribution < -0.4 is 4.74 Å². The van der Waals surface area contributed by atoms with Gasteiger partial charge in [-0.05, 0) is 43.3 Å². The second kappa shape index (κ2) is 6.89. The first-order chi connectivity index (χ1) is 11.2. The third-order valence-electron chi connectivity index (χ3n) is 3.23. The minimum Gasteiger partial charge on any atom is -0.497 e. The number of carbonyl (C=O) groups excluding carboxylic acids is 1. The summed E-state index contributed by atoms with van der Waals surface area (Å²) in [6.45, 7) is 1.99. The van der Waals surface area contributed by atoms with Crippen LogP contribution in [0.4, 0.5) is 0 Å². The van der Waals surface area contributed by atoms with Crippen LogP contribution in [-0.4, -0.2) is 17.9 Å². The zero-order chi connectivity index (χ0) is 16.2. The van der Waals surface area contributed by atoms with Crippen molar-refractivity contribution in [2.24, 2.45) is 0 Å². The van der Waals surface area contributed by atoms with Crippen LogP contribution >= 0.6 is 22.7 Å². The maximum Gasteiger partial charge on any atom is 0.195 e. The maximum absolute atomic E-state index is 12.1. The molecule has 0 saturated carbocycles. The zero-order valence-corrected chi connectivity index (χ0v) is 14.4. The molecule has 0 N–H and O–H groups in total. The van der Waals surface area contributed by atoms with Crippen LogP contribution in [0.3, 0.4) is 0 Å². The van der Waals surface area contributed by atoms with E-state index in [1.54, 1.807) is 30.6 Å². The molecule has 2 aromatic heterocycles. The first-order valence-electron chi connectivity index (χ1n) is 7.04. The normalized spacial score (nSPS) is 11.0. The van der Waals surface area contributed by atoms with E-state index in [2.05, 4.69) is 4.98 Å². The lowest BCUT2D eigenvalue weighted by atomic mass is 10.2. The molecule has 0 unspecified atom stereocenters. The van der Waals surface area contributed by atoms with Crippen molar-refractivity contribution in [2.75, 3.05) is 7.11 Å². The van der Waals surface area contributed by atoms with Crippen molar-refractivity contribution < 1.29 is 9.53 Å². The number of ketones is 1. The lowest BCUT2D eigenvalue weighted by Gasteiger charge is -2.00. The Morgan fingerprint density at radius 3 is 2.87 bits per heavy atom. The Morgan fingerprint density at radius 1 is 1.26 bits per heavy atom. The third kappa shape index (κ3) is 3.75. The number of thiophene rings is 1. The average molecular weight is 341 g/mol. The molecule has 1 aromatic carbocycles. The summed E-state index contributed by atoms with van der Waals surface area (Å²) in [5.74, 6) is 0.817. The Hall–Kier alpha value is -2.24. The van der Waals surface area contributed by atoms with E-state index >= 15 is 0 Å². The van der Waals surface area contributed by atoms with Crippen LogP contribution in [0.15, 0.2) is 47.9 Å². The lowest BCUT2D eigenvalue weighted by Crippen LogP contribution is -1.88. The van der Waals surface area contributed by atoms with Gasteiger partial charge in [0, 0.05) is 15.8 Å². The number of hydrogen-bond acceptors (Lipinski definition) is 5. The number of rotatable bonds is 5. The molecule has 5 heteroatoms. The number of thiazole rings is 1. The van der Waals surface area contributed by atoms with Gasteiger partial charge in [0.05, 0.1) is 17.7 Å².